The van der Waals surface area contributed by atoms with E-state index in [1.165, 1.54) is 0 Å². The molecule has 0 amide bonds. The van der Waals surface area contributed by atoms with Crippen LogP contribution in [0, 0.1) is 0 Å². The Morgan fingerprint density at radius 1 is 1.16 bits per heavy atom. The Bertz CT molecular complexity index is 740. The first-order valence-electron chi connectivity index (χ1n) is 8.46. The van der Waals surface area contributed by atoms with E-state index in [0.717, 1.165) is 43.2 Å². The number of methoxy groups -OCH3 is 1. The van der Waals surface area contributed by atoms with Crippen molar-refractivity contribution in [2.45, 2.75) is 25.9 Å². The molecule has 0 saturated carbocycles. The lowest BCUT2D eigenvalue weighted by Crippen LogP contribution is -2.37. The molecule has 25 heavy (non-hydrogen) atoms. The fraction of sp³-hybridized carbons (Fsp3) is 0.368. The summed E-state index contributed by atoms with van der Waals surface area (Å²) in [6, 6.07) is 13.2. The molecule has 1 heterocycles. The van der Waals surface area contributed by atoms with E-state index in [0.29, 0.717) is 6.54 Å². The predicted octanol–water partition coefficient (Wildman–Crippen LogP) is 2.00. The van der Waals surface area contributed by atoms with Gasteiger partial charge in [-0.2, -0.15) is 0 Å². The average Bonchev–Trinajstić information content (AvgIpc) is 2.65. The molecule has 2 N–H and O–H groups in total. The van der Waals surface area contributed by atoms with Crippen LogP contribution in [0.2, 0.25) is 0 Å². The third kappa shape index (κ3) is 6.33. The number of ether oxygens (including phenoxy) is 1. The minimum atomic E-state index is 0.0474. The lowest BCUT2D eigenvalue weighted by atomic mass is 10.2. The largest absolute Gasteiger partial charge is 0.497 e. The smallest absolute Gasteiger partial charge is 0.250 e. The van der Waals surface area contributed by atoms with Gasteiger partial charge < -0.3 is 19.9 Å². The van der Waals surface area contributed by atoms with E-state index in [2.05, 4.69) is 15.6 Å². The lowest BCUT2D eigenvalue weighted by molar-refractivity contribution is 0.414. The summed E-state index contributed by atoms with van der Waals surface area (Å²) in [6.45, 7) is 2.22. The third-order valence-electron chi connectivity index (χ3n) is 3.83. The molecule has 0 aliphatic heterocycles. The topological polar surface area (TPSA) is 67.7 Å². The number of pyridine rings is 1. The first-order valence-corrected chi connectivity index (χ1v) is 8.46. The van der Waals surface area contributed by atoms with Gasteiger partial charge in [-0.15, -0.1) is 0 Å². The van der Waals surface area contributed by atoms with Crippen molar-refractivity contribution < 1.29 is 4.74 Å². The molecule has 0 bridgehead atoms. The minimum Gasteiger partial charge on any atom is -0.497 e. The Morgan fingerprint density at radius 3 is 2.80 bits per heavy atom. The quantitative estimate of drug-likeness (QED) is 0.437. The fourth-order valence-electron chi connectivity index (χ4n) is 2.45. The van der Waals surface area contributed by atoms with E-state index in [1.54, 1.807) is 30.9 Å². The van der Waals surface area contributed by atoms with Crippen LogP contribution in [0.5, 0.6) is 5.75 Å². The molecule has 0 fully saturated rings. The van der Waals surface area contributed by atoms with E-state index in [1.807, 2.05) is 36.5 Å². The standard InChI is InChI=1S/C19H26N4O2/c1-20-19(22-15-16-8-7-9-17(14-16)25-2)21-11-4-6-13-23-12-5-3-10-18(23)24/h3,5,7-10,12,14H,4,6,11,13,15H2,1-2H3,(H2,20,21,22). The predicted molar refractivity (Wildman–Crippen MR) is 101 cm³/mol. The molecule has 6 heteroatoms. The fourth-order valence-corrected chi connectivity index (χ4v) is 2.45. The van der Waals surface area contributed by atoms with Crippen LogP contribution in [0.15, 0.2) is 58.4 Å². The Labute approximate surface area is 148 Å². The number of rotatable bonds is 8. The SMILES string of the molecule is CN=C(NCCCCn1ccccc1=O)NCc1cccc(OC)c1. The van der Waals surface area contributed by atoms with Gasteiger partial charge in [0.2, 0.25) is 5.56 Å². The van der Waals surface area contributed by atoms with Gasteiger partial charge in [0.05, 0.1) is 7.11 Å². The van der Waals surface area contributed by atoms with Crippen molar-refractivity contribution >= 4 is 5.96 Å². The molecule has 134 valence electrons. The van der Waals surface area contributed by atoms with Gasteiger partial charge in [-0.1, -0.05) is 18.2 Å². The summed E-state index contributed by atoms with van der Waals surface area (Å²) in [7, 11) is 3.42. The number of aryl methyl sites for hydroxylation is 1. The van der Waals surface area contributed by atoms with Crippen molar-refractivity contribution in [3.63, 3.8) is 0 Å². The number of benzene rings is 1. The van der Waals surface area contributed by atoms with E-state index in [9.17, 15) is 4.79 Å². The molecule has 6 nitrogen and oxygen atoms in total. The summed E-state index contributed by atoms with van der Waals surface area (Å²) >= 11 is 0. The molecule has 0 unspecified atom stereocenters. The van der Waals surface area contributed by atoms with E-state index >= 15 is 0 Å². The maximum absolute atomic E-state index is 11.6. The Kier molecular flexibility index (Phi) is 7.56. The number of unbranched alkanes of at least 4 members (excludes halogenated alkanes) is 1. The van der Waals surface area contributed by atoms with Crippen LogP contribution in [0.3, 0.4) is 0 Å². The Morgan fingerprint density at radius 2 is 2.04 bits per heavy atom. The Balaban J connectivity index is 1.68. The van der Waals surface area contributed by atoms with Crippen molar-refractivity contribution in [2.24, 2.45) is 4.99 Å². The lowest BCUT2D eigenvalue weighted by Gasteiger charge is -2.12. The molecular weight excluding hydrogens is 316 g/mol. The van der Waals surface area contributed by atoms with Gasteiger partial charge >= 0.3 is 0 Å². The van der Waals surface area contributed by atoms with E-state index in [-0.39, 0.29) is 5.56 Å². The van der Waals surface area contributed by atoms with Crippen LogP contribution >= 0.6 is 0 Å². The van der Waals surface area contributed by atoms with Crippen molar-refractivity contribution in [3.8, 4) is 5.75 Å². The highest BCUT2D eigenvalue weighted by atomic mass is 16.5. The number of hydrogen-bond donors (Lipinski definition) is 2. The second kappa shape index (κ2) is 10.2. The van der Waals surface area contributed by atoms with Crippen LogP contribution < -0.4 is 20.9 Å². The van der Waals surface area contributed by atoms with Crippen molar-refractivity contribution in [3.05, 3.63) is 64.6 Å². The molecule has 0 spiro atoms. The van der Waals surface area contributed by atoms with Crippen molar-refractivity contribution in [2.75, 3.05) is 20.7 Å². The normalized spacial score (nSPS) is 11.2. The van der Waals surface area contributed by atoms with E-state index in [4.69, 9.17) is 4.74 Å². The maximum Gasteiger partial charge on any atom is 0.250 e. The summed E-state index contributed by atoms with van der Waals surface area (Å²) in [5, 5.41) is 6.57. The zero-order valence-corrected chi connectivity index (χ0v) is 14.9. The highest BCUT2D eigenvalue weighted by molar-refractivity contribution is 5.79. The van der Waals surface area contributed by atoms with Gasteiger partial charge in [0.25, 0.3) is 0 Å². The molecule has 1 aromatic heterocycles. The van der Waals surface area contributed by atoms with Gasteiger partial charge in [0.15, 0.2) is 5.96 Å². The number of aliphatic imine (C=N–C) groups is 1. The number of hydrogen-bond acceptors (Lipinski definition) is 3. The minimum absolute atomic E-state index is 0.0474. The average molecular weight is 342 g/mol. The molecule has 0 radical (unpaired) electrons. The van der Waals surface area contributed by atoms with Gasteiger partial charge in [0.1, 0.15) is 5.75 Å². The summed E-state index contributed by atoms with van der Waals surface area (Å²) < 4.78 is 6.96. The first kappa shape index (κ1) is 18.6. The van der Waals surface area contributed by atoms with Crippen LogP contribution in [-0.4, -0.2) is 31.2 Å². The van der Waals surface area contributed by atoms with Crippen LogP contribution in [0.4, 0.5) is 0 Å². The molecular formula is C19H26N4O2. The van der Waals surface area contributed by atoms with Crippen LogP contribution in [0.1, 0.15) is 18.4 Å². The number of nitrogens with one attached hydrogen (secondary N) is 2. The highest BCUT2D eigenvalue weighted by Gasteiger charge is 2.00. The van der Waals surface area contributed by atoms with Crippen molar-refractivity contribution in [1.82, 2.24) is 15.2 Å². The van der Waals surface area contributed by atoms with Crippen LogP contribution in [0.25, 0.3) is 0 Å². The second-order valence-corrected chi connectivity index (χ2v) is 5.64. The third-order valence-corrected chi connectivity index (χ3v) is 3.83. The Hall–Kier alpha value is -2.76. The second-order valence-electron chi connectivity index (χ2n) is 5.64. The summed E-state index contributed by atoms with van der Waals surface area (Å²) in [6.07, 6.45) is 3.72. The highest BCUT2D eigenvalue weighted by Crippen LogP contribution is 2.11. The zero-order chi connectivity index (χ0) is 17.9. The monoisotopic (exact) mass is 342 g/mol. The summed E-state index contributed by atoms with van der Waals surface area (Å²) in [5.74, 6) is 1.61. The maximum atomic E-state index is 11.6. The molecule has 0 atom stereocenters. The van der Waals surface area contributed by atoms with Gasteiger partial charge in [-0.3, -0.25) is 9.79 Å². The van der Waals surface area contributed by atoms with Crippen molar-refractivity contribution in [1.29, 1.82) is 0 Å². The number of aromatic nitrogens is 1. The molecule has 0 aliphatic rings. The number of nitrogens with zero attached hydrogens (tertiary/aromatic N) is 2. The number of guanidine groups is 1. The van der Waals surface area contributed by atoms with Gasteiger partial charge in [-0.25, -0.2) is 0 Å². The molecule has 2 aromatic rings. The zero-order valence-electron chi connectivity index (χ0n) is 14.9. The summed E-state index contributed by atoms with van der Waals surface area (Å²) in [5.41, 5.74) is 1.18. The molecule has 1 aromatic carbocycles. The van der Waals surface area contributed by atoms with Gasteiger partial charge in [-0.05, 0) is 36.6 Å². The molecule has 2 rings (SSSR count). The van der Waals surface area contributed by atoms with Crippen LogP contribution in [-0.2, 0) is 13.1 Å². The van der Waals surface area contributed by atoms with Gasteiger partial charge in [0, 0.05) is 38.9 Å². The molecule has 0 saturated heterocycles. The first-order chi connectivity index (χ1) is 12.2. The summed E-state index contributed by atoms with van der Waals surface area (Å²) in [4.78, 5) is 15.8. The molecule has 0 aliphatic carbocycles. The van der Waals surface area contributed by atoms with E-state index < -0.39 is 0 Å².